The number of guanidine groups is 1. The van der Waals surface area contributed by atoms with Gasteiger partial charge < -0.3 is 15.4 Å². The van der Waals surface area contributed by atoms with Crippen molar-refractivity contribution in [3.05, 3.63) is 59.7 Å². The molecule has 3 rings (SSSR count). The maximum Gasteiger partial charge on any atom is 0.243 e. The highest BCUT2D eigenvalue weighted by molar-refractivity contribution is 7.89. The molecule has 0 fully saturated rings. The molecule has 0 bridgehead atoms. The normalized spacial score (nSPS) is 16.3. The summed E-state index contributed by atoms with van der Waals surface area (Å²) in [5.41, 5.74) is 2.17. The van der Waals surface area contributed by atoms with E-state index in [2.05, 4.69) is 21.7 Å². The molecule has 1 unspecified atom stereocenters. The van der Waals surface area contributed by atoms with E-state index in [0.717, 1.165) is 24.3 Å². The van der Waals surface area contributed by atoms with Crippen LogP contribution in [0.2, 0.25) is 0 Å². The van der Waals surface area contributed by atoms with E-state index < -0.39 is 10.0 Å². The zero-order chi connectivity index (χ0) is 22.4. The van der Waals surface area contributed by atoms with Crippen molar-refractivity contribution in [2.75, 3.05) is 20.1 Å². The lowest BCUT2D eigenvalue weighted by molar-refractivity contribution is 0.235. The summed E-state index contributed by atoms with van der Waals surface area (Å²) in [5.74, 6) is 1.66. The van der Waals surface area contributed by atoms with Gasteiger partial charge in [-0.3, -0.25) is 0 Å². The quantitative estimate of drug-likeness (QED) is 0.483. The van der Waals surface area contributed by atoms with Gasteiger partial charge in [0.2, 0.25) is 10.0 Å². The predicted molar refractivity (Wildman–Crippen MR) is 124 cm³/mol. The van der Waals surface area contributed by atoms with Gasteiger partial charge in [0.15, 0.2) is 5.96 Å². The summed E-state index contributed by atoms with van der Waals surface area (Å²) in [6, 6.07) is 14.9. The van der Waals surface area contributed by atoms with Gasteiger partial charge in [0.05, 0.1) is 18.0 Å². The molecule has 2 N–H and O–H groups in total. The van der Waals surface area contributed by atoms with Crippen molar-refractivity contribution in [3.8, 4) is 5.75 Å². The molecule has 2 aromatic carbocycles. The molecule has 1 aliphatic heterocycles. The van der Waals surface area contributed by atoms with Crippen molar-refractivity contribution in [1.82, 2.24) is 14.9 Å². The fraction of sp³-hybridized carbons (Fsp3) is 0.435. The Morgan fingerprint density at radius 3 is 2.52 bits per heavy atom. The van der Waals surface area contributed by atoms with E-state index in [1.54, 1.807) is 19.2 Å². The third-order valence-corrected chi connectivity index (χ3v) is 7.35. The molecule has 0 spiro atoms. The van der Waals surface area contributed by atoms with Crippen LogP contribution in [-0.4, -0.2) is 51.0 Å². The summed E-state index contributed by atoms with van der Waals surface area (Å²) >= 11 is 0. The van der Waals surface area contributed by atoms with Gasteiger partial charge in [-0.15, -0.1) is 0 Å². The van der Waals surface area contributed by atoms with Crippen molar-refractivity contribution in [2.45, 2.75) is 50.8 Å². The second-order valence-electron chi connectivity index (χ2n) is 7.89. The van der Waals surface area contributed by atoms with E-state index in [1.807, 2.05) is 51.1 Å². The number of para-hydroxylation sites is 1. The first kappa shape index (κ1) is 23.1. The molecule has 8 heteroatoms. The minimum atomic E-state index is -3.48. The Hall–Kier alpha value is -2.58. The van der Waals surface area contributed by atoms with Gasteiger partial charge in [-0.1, -0.05) is 30.3 Å². The Kier molecular flexibility index (Phi) is 7.56. The van der Waals surface area contributed by atoms with Gasteiger partial charge in [-0.2, -0.15) is 4.31 Å². The van der Waals surface area contributed by atoms with E-state index in [1.165, 1.54) is 9.87 Å². The molecule has 0 radical (unpaired) electrons. The Morgan fingerprint density at radius 1 is 1.16 bits per heavy atom. The molecular formula is C23H32N4O3S. The van der Waals surface area contributed by atoms with E-state index in [9.17, 15) is 8.42 Å². The van der Waals surface area contributed by atoms with E-state index >= 15 is 0 Å². The highest BCUT2D eigenvalue weighted by Gasteiger charge is 2.23. The standard InChI is InChI=1S/C23H32N4O3S/c1-5-24-23(26-16-20-14-19-8-6-7-9-22(19)30-20)25-15-18-10-12-21(13-11-18)31(28,29)27(4)17(2)3/h6-13,17,20H,5,14-16H2,1-4H3,(H2,24,25,26). The first-order chi connectivity index (χ1) is 14.8. The lowest BCUT2D eigenvalue weighted by atomic mass is 10.1. The fourth-order valence-electron chi connectivity index (χ4n) is 3.30. The summed E-state index contributed by atoms with van der Waals surface area (Å²) in [6.45, 7) is 7.57. The molecule has 1 aliphatic rings. The lowest BCUT2D eigenvalue weighted by Gasteiger charge is -2.21. The van der Waals surface area contributed by atoms with Crippen molar-refractivity contribution in [1.29, 1.82) is 0 Å². The van der Waals surface area contributed by atoms with Crippen molar-refractivity contribution < 1.29 is 13.2 Å². The third-order valence-electron chi connectivity index (χ3n) is 5.30. The van der Waals surface area contributed by atoms with Crippen LogP contribution < -0.4 is 15.4 Å². The van der Waals surface area contributed by atoms with Crippen molar-refractivity contribution in [3.63, 3.8) is 0 Å². The van der Waals surface area contributed by atoms with E-state index in [0.29, 0.717) is 23.9 Å². The molecule has 0 saturated heterocycles. The van der Waals surface area contributed by atoms with Crippen LogP contribution in [0.5, 0.6) is 5.75 Å². The van der Waals surface area contributed by atoms with Crippen LogP contribution in [0.3, 0.4) is 0 Å². The summed E-state index contributed by atoms with van der Waals surface area (Å²) < 4.78 is 32.5. The lowest BCUT2D eigenvalue weighted by Crippen LogP contribution is -2.42. The molecule has 0 amide bonds. The zero-order valence-electron chi connectivity index (χ0n) is 18.6. The number of aliphatic imine (C=N–C) groups is 1. The molecule has 7 nitrogen and oxygen atoms in total. The minimum Gasteiger partial charge on any atom is -0.488 e. The highest BCUT2D eigenvalue weighted by atomic mass is 32.2. The number of hydrogen-bond donors (Lipinski definition) is 2. The van der Waals surface area contributed by atoms with Gasteiger partial charge >= 0.3 is 0 Å². The summed E-state index contributed by atoms with van der Waals surface area (Å²) in [7, 11) is -1.88. The van der Waals surface area contributed by atoms with Gasteiger partial charge in [0.1, 0.15) is 11.9 Å². The summed E-state index contributed by atoms with van der Waals surface area (Å²) in [6.07, 6.45) is 0.951. The SMILES string of the molecule is CCNC(=NCc1ccc(S(=O)(=O)N(C)C(C)C)cc1)NCC1Cc2ccccc2O1. The van der Waals surface area contributed by atoms with E-state index in [-0.39, 0.29) is 12.1 Å². The Labute approximate surface area is 185 Å². The molecule has 31 heavy (non-hydrogen) atoms. The number of nitrogens with one attached hydrogen (secondary N) is 2. The fourth-order valence-corrected chi connectivity index (χ4v) is 4.67. The Balaban J connectivity index is 1.59. The van der Waals surface area contributed by atoms with Gasteiger partial charge in [0, 0.05) is 26.1 Å². The summed E-state index contributed by atoms with van der Waals surface area (Å²) in [5, 5.41) is 6.58. The Morgan fingerprint density at radius 2 is 1.87 bits per heavy atom. The minimum absolute atomic E-state index is 0.0729. The molecule has 1 atom stereocenters. The van der Waals surface area contributed by atoms with Gasteiger partial charge in [0.25, 0.3) is 0 Å². The van der Waals surface area contributed by atoms with Crippen LogP contribution >= 0.6 is 0 Å². The smallest absolute Gasteiger partial charge is 0.243 e. The maximum atomic E-state index is 12.6. The number of ether oxygens (including phenoxy) is 1. The average molecular weight is 445 g/mol. The van der Waals surface area contributed by atoms with Gasteiger partial charge in [-0.05, 0) is 50.1 Å². The van der Waals surface area contributed by atoms with E-state index in [4.69, 9.17) is 4.74 Å². The molecule has 0 aromatic heterocycles. The zero-order valence-corrected chi connectivity index (χ0v) is 19.4. The Bertz CT molecular complexity index is 979. The topological polar surface area (TPSA) is 83.0 Å². The van der Waals surface area contributed by atoms with Crippen LogP contribution in [0.4, 0.5) is 0 Å². The number of benzene rings is 2. The number of hydrogen-bond acceptors (Lipinski definition) is 4. The first-order valence-electron chi connectivity index (χ1n) is 10.6. The van der Waals surface area contributed by atoms with Crippen LogP contribution in [0.25, 0.3) is 0 Å². The molecule has 0 aliphatic carbocycles. The molecule has 0 saturated carbocycles. The van der Waals surface area contributed by atoms with Gasteiger partial charge in [-0.25, -0.2) is 13.4 Å². The molecule has 1 heterocycles. The average Bonchev–Trinajstić information content (AvgIpc) is 3.18. The van der Waals surface area contributed by atoms with Crippen molar-refractivity contribution in [2.24, 2.45) is 4.99 Å². The third kappa shape index (κ3) is 5.77. The second kappa shape index (κ2) is 10.2. The first-order valence-corrected chi connectivity index (χ1v) is 12.1. The largest absolute Gasteiger partial charge is 0.488 e. The molecule has 2 aromatic rings. The van der Waals surface area contributed by atoms with Crippen LogP contribution in [0, 0.1) is 0 Å². The number of sulfonamides is 1. The highest BCUT2D eigenvalue weighted by Crippen LogP contribution is 2.27. The monoisotopic (exact) mass is 444 g/mol. The van der Waals surface area contributed by atoms with Crippen LogP contribution in [0.1, 0.15) is 31.9 Å². The number of fused-ring (bicyclic) bond motifs is 1. The number of rotatable bonds is 8. The predicted octanol–water partition coefficient (Wildman–Crippen LogP) is 2.77. The second-order valence-corrected chi connectivity index (χ2v) is 9.88. The van der Waals surface area contributed by atoms with Crippen LogP contribution in [-0.2, 0) is 23.0 Å². The molecule has 168 valence electrons. The number of nitrogens with zero attached hydrogens (tertiary/aromatic N) is 2. The maximum absolute atomic E-state index is 12.6. The molecular weight excluding hydrogens is 412 g/mol. The summed E-state index contributed by atoms with van der Waals surface area (Å²) in [4.78, 5) is 4.92. The van der Waals surface area contributed by atoms with Crippen molar-refractivity contribution >= 4 is 16.0 Å². The van der Waals surface area contributed by atoms with Crippen LogP contribution in [0.15, 0.2) is 58.4 Å².